The van der Waals surface area contributed by atoms with Gasteiger partial charge in [0, 0.05) is 6.42 Å². The Morgan fingerprint density at radius 1 is 1.29 bits per heavy atom. The summed E-state index contributed by atoms with van der Waals surface area (Å²) in [5, 5.41) is 9.53. The quantitative estimate of drug-likeness (QED) is 0.424. The number of hydrogen-bond donors (Lipinski definition) is 1. The third-order valence-electron chi connectivity index (χ3n) is 3.42. The number of ketones is 2. The standard InChI is InChI=1S/C18H22O6/c1-4-24-18(22)10-7-14(12(2)19)15(20)8-5-13-6-9-16(21)17(11-13)23-3/h5-6,8-9,11,14,21H,4,7,10H2,1-3H3/b8-5+. The van der Waals surface area contributed by atoms with Crippen molar-refractivity contribution in [3.05, 3.63) is 29.8 Å². The molecular formula is C18H22O6. The van der Waals surface area contributed by atoms with Crippen LogP contribution in [0.3, 0.4) is 0 Å². The van der Waals surface area contributed by atoms with Crippen LogP contribution in [0.2, 0.25) is 0 Å². The second-order valence-electron chi connectivity index (χ2n) is 5.17. The number of Topliss-reactive ketones (excluding diaryl/α,β-unsaturated/α-hetero) is 1. The van der Waals surface area contributed by atoms with E-state index in [9.17, 15) is 19.5 Å². The number of rotatable bonds is 9. The number of benzene rings is 1. The van der Waals surface area contributed by atoms with Crippen molar-refractivity contribution in [2.24, 2.45) is 5.92 Å². The summed E-state index contributed by atoms with van der Waals surface area (Å²) in [4.78, 5) is 35.2. The monoisotopic (exact) mass is 334 g/mol. The predicted octanol–water partition coefficient (Wildman–Crippen LogP) is 2.53. The van der Waals surface area contributed by atoms with Gasteiger partial charge in [-0.05, 0) is 44.0 Å². The molecule has 1 unspecified atom stereocenters. The molecule has 1 atom stereocenters. The first-order valence-electron chi connectivity index (χ1n) is 7.64. The fourth-order valence-electron chi connectivity index (χ4n) is 2.13. The van der Waals surface area contributed by atoms with Crippen molar-refractivity contribution in [3.63, 3.8) is 0 Å². The van der Waals surface area contributed by atoms with Crippen molar-refractivity contribution in [1.82, 2.24) is 0 Å². The first-order chi connectivity index (χ1) is 11.4. The van der Waals surface area contributed by atoms with Crippen LogP contribution in [0.15, 0.2) is 24.3 Å². The van der Waals surface area contributed by atoms with E-state index in [1.165, 1.54) is 32.3 Å². The Balaban J connectivity index is 2.77. The largest absolute Gasteiger partial charge is 0.504 e. The molecule has 0 radical (unpaired) electrons. The molecule has 24 heavy (non-hydrogen) atoms. The summed E-state index contributed by atoms with van der Waals surface area (Å²) in [6.07, 6.45) is 2.97. The van der Waals surface area contributed by atoms with Gasteiger partial charge in [-0.2, -0.15) is 0 Å². The molecule has 0 aromatic heterocycles. The first kappa shape index (κ1) is 19.4. The molecule has 0 saturated heterocycles. The molecule has 6 heteroatoms. The summed E-state index contributed by atoms with van der Waals surface area (Å²) in [6, 6.07) is 4.63. The number of carbonyl (C=O) groups excluding carboxylic acids is 3. The van der Waals surface area contributed by atoms with Crippen molar-refractivity contribution < 1.29 is 29.0 Å². The molecule has 0 fully saturated rings. The number of phenolic OH excluding ortho intramolecular Hbond substituents is 1. The van der Waals surface area contributed by atoms with Gasteiger partial charge < -0.3 is 14.6 Å². The van der Waals surface area contributed by atoms with Crippen molar-refractivity contribution in [1.29, 1.82) is 0 Å². The van der Waals surface area contributed by atoms with Gasteiger partial charge in [0.15, 0.2) is 17.3 Å². The van der Waals surface area contributed by atoms with Crippen LogP contribution in [0.4, 0.5) is 0 Å². The maximum Gasteiger partial charge on any atom is 0.305 e. The highest BCUT2D eigenvalue weighted by atomic mass is 16.5. The Kier molecular flexibility index (Phi) is 7.68. The van der Waals surface area contributed by atoms with Crippen LogP contribution < -0.4 is 4.74 Å². The number of methoxy groups -OCH3 is 1. The number of carbonyl (C=O) groups is 3. The first-order valence-corrected chi connectivity index (χ1v) is 7.64. The van der Waals surface area contributed by atoms with Crippen LogP contribution in [0.25, 0.3) is 6.08 Å². The Labute approximate surface area is 141 Å². The molecule has 0 aliphatic rings. The molecule has 0 saturated carbocycles. The van der Waals surface area contributed by atoms with E-state index in [2.05, 4.69) is 0 Å². The third-order valence-corrected chi connectivity index (χ3v) is 3.42. The fraction of sp³-hybridized carbons (Fsp3) is 0.389. The highest BCUT2D eigenvalue weighted by Gasteiger charge is 2.22. The fourth-order valence-corrected chi connectivity index (χ4v) is 2.13. The molecule has 0 heterocycles. The van der Waals surface area contributed by atoms with E-state index in [4.69, 9.17) is 9.47 Å². The van der Waals surface area contributed by atoms with Gasteiger partial charge in [0.25, 0.3) is 0 Å². The summed E-state index contributed by atoms with van der Waals surface area (Å²) >= 11 is 0. The average molecular weight is 334 g/mol. The average Bonchev–Trinajstić information content (AvgIpc) is 2.54. The van der Waals surface area contributed by atoms with Gasteiger partial charge in [-0.1, -0.05) is 12.1 Å². The molecule has 1 N–H and O–H groups in total. The molecule has 0 aliphatic carbocycles. The van der Waals surface area contributed by atoms with Gasteiger partial charge in [0.05, 0.1) is 19.6 Å². The van der Waals surface area contributed by atoms with Gasteiger partial charge in [-0.15, -0.1) is 0 Å². The molecule has 1 aromatic rings. The van der Waals surface area contributed by atoms with Gasteiger partial charge in [-0.3, -0.25) is 14.4 Å². The molecule has 0 aliphatic heterocycles. The van der Waals surface area contributed by atoms with Crippen LogP contribution in [-0.4, -0.2) is 36.4 Å². The Hall–Kier alpha value is -2.63. The van der Waals surface area contributed by atoms with Crippen molar-refractivity contribution in [2.75, 3.05) is 13.7 Å². The highest BCUT2D eigenvalue weighted by Crippen LogP contribution is 2.26. The topological polar surface area (TPSA) is 89.9 Å². The van der Waals surface area contributed by atoms with Crippen LogP contribution in [0.1, 0.15) is 32.3 Å². The summed E-state index contributed by atoms with van der Waals surface area (Å²) in [5.74, 6) is -1.68. The van der Waals surface area contributed by atoms with E-state index >= 15 is 0 Å². The zero-order chi connectivity index (χ0) is 18.1. The minimum Gasteiger partial charge on any atom is -0.504 e. The van der Waals surface area contributed by atoms with Gasteiger partial charge in [0.1, 0.15) is 5.78 Å². The van der Waals surface area contributed by atoms with E-state index in [1.807, 2.05) is 0 Å². The number of allylic oxidation sites excluding steroid dienone is 1. The maximum atomic E-state index is 12.2. The minimum absolute atomic E-state index is 0.00275. The van der Waals surface area contributed by atoms with Gasteiger partial charge in [-0.25, -0.2) is 0 Å². The van der Waals surface area contributed by atoms with E-state index in [0.717, 1.165) is 0 Å². The Morgan fingerprint density at radius 2 is 2.00 bits per heavy atom. The second-order valence-corrected chi connectivity index (χ2v) is 5.17. The minimum atomic E-state index is -0.871. The van der Waals surface area contributed by atoms with E-state index in [-0.39, 0.29) is 42.5 Å². The molecule has 130 valence electrons. The van der Waals surface area contributed by atoms with Crippen LogP contribution in [-0.2, 0) is 19.1 Å². The van der Waals surface area contributed by atoms with E-state index in [0.29, 0.717) is 5.56 Å². The molecule has 0 bridgehead atoms. The number of phenols is 1. The summed E-state index contributed by atoms with van der Waals surface area (Å²) in [5.41, 5.74) is 0.644. The summed E-state index contributed by atoms with van der Waals surface area (Å²) in [6.45, 7) is 3.28. The lowest BCUT2D eigenvalue weighted by Gasteiger charge is -2.10. The predicted molar refractivity (Wildman–Crippen MR) is 88.7 cm³/mol. The normalized spacial score (nSPS) is 12.0. The highest BCUT2D eigenvalue weighted by molar-refractivity contribution is 6.08. The van der Waals surface area contributed by atoms with Gasteiger partial charge in [0.2, 0.25) is 0 Å². The SMILES string of the molecule is CCOC(=O)CCC(C(C)=O)C(=O)/C=C/c1ccc(O)c(OC)c1. The Bertz CT molecular complexity index is 632. The summed E-state index contributed by atoms with van der Waals surface area (Å²) < 4.78 is 9.79. The number of aromatic hydroxyl groups is 1. The number of ether oxygens (including phenoxy) is 2. The maximum absolute atomic E-state index is 12.2. The zero-order valence-electron chi connectivity index (χ0n) is 14.1. The number of esters is 1. The van der Waals surface area contributed by atoms with Crippen molar-refractivity contribution >= 4 is 23.6 Å². The van der Waals surface area contributed by atoms with Crippen LogP contribution in [0.5, 0.6) is 11.5 Å². The summed E-state index contributed by atoms with van der Waals surface area (Å²) in [7, 11) is 1.43. The molecule has 1 rings (SSSR count). The zero-order valence-corrected chi connectivity index (χ0v) is 14.1. The van der Waals surface area contributed by atoms with Crippen LogP contribution >= 0.6 is 0 Å². The molecule has 0 spiro atoms. The molecule has 6 nitrogen and oxygen atoms in total. The van der Waals surface area contributed by atoms with Crippen LogP contribution in [0, 0.1) is 5.92 Å². The second kappa shape index (κ2) is 9.50. The van der Waals surface area contributed by atoms with Crippen molar-refractivity contribution in [2.45, 2.75) is 26.7 Å². The molecule has 1 aromatic carbocycles. The Morgan fingerprint density at radius 3 is 2.58 bits per heavy atom. The number of hydrogen-bond acceptors (Lipinski definition) is 6. The van der Waals surface area contributed by atoms with Crippen molar-refractivity contribution in [3.8, 4) is 11.5 Å². The molecule has 0 amide bonds. The lowest BCUT2D eigenvalue weighted by Crippen LogP contribution is -2.21. The molecular weight excluding hydrogens is 312 g/mol. The van der Waals surface area contributed by atoms with E-state index < -0.39 is 11.9 Å². The third kappa shape index (κ3) is 5.87. The van der Waals surface area contributed by atoms with Gasteiger partial charge >= 0.3 is 5.97 Å². The van der Waals surface area contributed by atoms with E-state index in [1.54, 1.807) is 19.1 Å². The lowest BCUT2D eigenvalue weighted by molar-refractivity contribution is -0.143. The lowest BCUT2D eigenvalue weighted by atomic mass is 9.93. The smallest absolute Gasteiger partial charge is 0.305 e.